The maximum Gasteiger partial charge on any atom is 0.357 e. The smallest absolute Gasteiger partial charge is 0.357 e. The summed E-state index contributed by atoms with van der Waals surface area (Å²) in [5, 5.41) is 9.23. The third-order valence-electron chi connectivity index (χ3n) is 4.65. The third kappa shape index (κ3) is 3.68. The number of rotatable bonds is 5. The molecule has 1 unspecified atom stereocenters. The fourth-order valence-electron chi connectivity index (χ4n) is 3.21. The van der Waals surface area contributed by atoms with Crippen LogP contribution in [-0.4, -0.2) is 23.3 Å². The molecule has 1 aliphatic rings. The molecule has 4 rings (SSSR count). The van der Waals surface area contributed by atoms with E-state index in [0.29, 0.717) is 17.4 Å². The quantitative estimate of drug-likeness (QED) is 0.575. The number of carbonyl (C=O) groups is 1. The van der Waals surface area contributed by atoms with E-state index in [1.54, 1.807) is 12.3 Å². The number of aryl methyl sites for hydroxylation is 1. The molecule has 5 nitrogen and oxygen atoms in total. The van der Waals surface area contributed by atoms with Crippen LogP contribution in [0, 0.1) is 6.92 Å². The predicted molar refractivity (Wildman–Crippen MR) is 112 cm³/mol. The molecule has 0 saturated heterocycles. The number of hydrazone groups is 1. The van der Waals surface area contributed by atoms with Gasteiger partial charge in [-0.25, -0.2) is 14.8 Å². The van der Waals surface area contributed by atoms with Gasteiger partial charge in [0.15, 0.2) is 5.69 Å². The van der Waals surface area contributed by atoms with E-state index in [2.05, 4.69) is 48.3 Å². The molecule has 0 N–H and O–H groups in total. The van der Waals surface area contributed by atoms with Crippen molar-refractivity contribution >= 4 is 28.1 Å². The van der Waals surface area contributed by atoms with Crippen LogP contribution >= 0.6 is 11.3 Å². The molecule has 0 radical (unpaired) electrons. The van der Waals surface area contributed by atoms with Gasteiger partial charge in [0.05, 0.1) is 18.4 Å². The molecule has 0 spiro atoms. The van der Waals surface area contributed by atoms with E-state index in [4.69, 9.17) is 9.84 Å². The molecule has 0 aliphatic carbocycles. The molecule has 6 heteroatoms. The zero-order chi connectivity index (χ0) is 19.5. The maximum absolute atomic E-state index is 12.0. The zero-order valence-corrected chi connectivity index (χ0v) is 16.6. The van der Waals surface area contributed by atoms with E-state index >= 15 is 0 Å². The lowest BCUT2D eigenvalue weighted by Crippen LogP contribution is -2.18. The Balaban J connectivity index is 1.70. The van der Waals surface area contributed by atoms with Crippen molar-refractivity contribution in [1.82, 2.24) is 4.98 Å². The molecule has 2 aromatic carbocycles. The number of anilines is 1. The van der Waals surface area contributed by atoms with E-state index in [-0.39, 0.29) is 6.04 Å². The van der Waals surface area contributed by atoms with Crippen LogP contribution in [-0.2, 0) is 4.74 Å². The average molecular weight is 391 g/mol. The Hall–Kier alpha value is -2.99. The Bertz CT molecular complexity index is 996. The van der Waals surface area contributed by atoms with Gasteiger partial charge in [-0.2, -0.15) is 5.10 Å². The summed E-state index contributed by atoms with van der Waals surface area (Å²) in [7, 11) is 0. The van der Waals surface area contributed by atoms with Crippen LogP contribution in [0.1, 0.15) is 46.6 Å². The third-order valence-corrected chi connectivity index (χ3v) is 5.48. The Labute approximate surface area is 168 Å². The molecule has 0 amide bonds. The van der Waals surface area contributed by atoms with Crippen molar-refractivity contribution in [2.75, 3.05) is 11.6 Å². The fourth-order valence-corrected chi connectivity index (χ4v) is 4.00. The molecule has 1 atom stereocenters. The lowest BCUT2D eigenvalue weighted by molar-refractivity contribution is 0.0520. The zero-order valence-electron chi connectivity index (χ0n) is 15.8. The fraction of sp³-hybridized carbons (Fsp3) is 0.227. The first-order valence-electron chi connectivity index (χ1n) is 9.27. The Morgan fingerprint density at radius 2 is 1.93 bits per heavy atom. The molecule has 28 heavy (non-hydrogen) atoms. The Morgan fingerprint density at radius 1 is 1.18 bits per heavy atom. The highest BCUT2D eigenvalue weighted by Gasteiger charge is 2.32. The molecule has 3 aromatic rings. The second-order valence-corrected chi connectivity index (χ2v) is 7.46. The Kier molecular flexibility index (Phi) is 5.21. The SMILES string of the molecule is CCOC(=O)c1csc(N2N=C(c3ccccc3)CC2c2ccc(C)cc2)n1. The molecule has 2 heterocycles. The van der Waals surface area contributed by atoms with Gasteiger partial charge in [0.2, 0.25) is 5.13 Å². The first-order chi connectivity index (χ1) is 13.7. The minimum atomic E-state index is -0.400. The molecule has 0 fully saturated rings. The normalized spacial score (nSPS) is 16.1. The maximum atomic E-state index is 12.0. The largest absolute Gasteiger partial charge is 0.461 e. The van der Waals surface area contributed by atoms with Crippen LogP contribution in [0.3, 0.4) is 0 Å². The van der Waals surface area contributed by atoms with Gasteiger partial charge in [-0.05, 0) is 25.0 Å². The van der Waals surface area contributed by atoms with Gasteiger partial charge in [-0.15, -0.1) is 11.3 Å². The minimum absolute atomic E-state index is 0.0389. The van der Waals surface area contributed by atoms with Crippen LogP contribution < -0.4 is 5.01 Å². The second-order valence-electron chi connectivity index (χ2n) is 6.62. The second kappa shape index (κ2) is 7.94. The summed E-state index contributed by atoms with van der Waals surface area (Å²) in [4.78, 5) is 16.5. The van der Waals surface area contributed by atoms with Gasteiger partial charge in [-0.1, -0.05) is 60.2 Å². The molecule has 0 bridgehead atoms. The Morgan fingerprint density at radius 3 is 2.64 bits per heavy atom. The van der Waals surface area contributed by atoms with E-state index in [9.17, 15) is 4.79 Å². The van der Waals surface area contributed by atoms with Gasteiger partial charge >= 0.3 is 5.97 Å². The summed E-state index contributed by atoms with van der Waals surface area (Å²) in [5.74, 6) is -0.400. The summed E-state index contributed by atoms with van der Waals surface area (Å²) in [6.07, 6.45) is 0.779. The number of thiazole rings is 1. The molecular weight excluding hydrogens is 370 g/mol. The number of ether oxygens (including phenoxy) is 1. The van der Waals surface area contributed by atoms with E-state index < -0.39 is 5.97 Å². The summed E-state index contributed by atoms with van der Waals surface area (Å²) in [5.41, 5.74) is 4.83. The number of nitrogens with zero attached hydrogens (tertiary/aromatic N) is 3. The topological polar surface area (TPSA) is 54.8 Å². The van der Waals surface area contributed by atoms with Crippen molar-refractivity contribution in [2.24, 2.45) is 5.10 Å². The van der Waals surface area contributed by atoms with Crippen molar-refractivity contribution in [3.63, 3.8) is 0 Å². The monoisotopic (exact) mass is 391 g/mol. The predicted octanol–water partition coefficient (Wildman–Crippen LogP) is 4.98. The van der Waals surface area contributed by atoms with E-state index in [1.165, 1.54) is 22.5 Å². The van der Waals surface area contributed by atoms with Crippen LogP contribution in [0.25, 0.3) is 0 Å². The summed E-state index contributed by atoms with van der Waals surface area (Å²) in [6.45, 7) is 4.20. The number of benzene rings is 2. The molecule has 1 aliphatic heterocycles. The van der Waals surface area contributed by atoms with Crippen molar-refractivity contribution in [3.05, 3.63) is 82.4 Å². The average Bonchev–Trinajstić information content (AvgIpc) is 3.37. The van der Waals surface area contributed by atoms with Crippen LogP contribution in [0.15, 0.2) is 65.1 Å². The van der Waals surface area contributed by atoms with Crippen LogP contribution in [0.2, 0.25) is 0 Å². The van der Waals surface area contributed by atoms with Crippen LogP contribution in [0.4, 0.5) is 5.13 Å². The molecular formula is C22H21N3O2S. The lowest BCUT2D eigenvalue weighted by atomic mass is 9.98. The van der Waals surface area contributed by atoms with E-state index in [1.807, 2.05) is 23.2 Å². The van der Waals surface area contributed by atoms with Crippen molar-refractivity contribution in [1.29, 1.82) is 0 Å². The number of aromatic nitrogens is 1. The van der Waals surface area contributed by atoms with Gasteiger partial charge < -0.3 is 4.74 Å². The first-order valence-corrected chi connectivity index (χ1v) is 10.1. The molecule has 142 valence electrons. The number of esters is 1. The highest BCUT2D eigenvalue weighted by atomic mass is 32.1. The highest BCUT2D eigenvalue weighted by Crippen LogP contribution is 2.38. The van der Waals surface area contributed by atoms with Crippen molar-refractivity contribution < 1.29 is 9.53 Å². The highest BCUT2D eigenvalue weighted by molar-refractivity contribution is 7.13. The van der Waals surface area contributed by atoms with Crippen molar-refractivity contribution in [2.45, 2.75) is 26.3 Å². The standard InChI is InChI=1S/C22H21N3O2S/c1-3-27-21(26)19-14-28-22(23-19)25-20(17-11-9-15(2)10-12-17)13-18(24-25)16-7-5-4-6-8-16/h4-12,14,20H,3,13H2,1-2H3. The first kappa shape index (κ1) is 18.4. The number of hydrogen-bond donors (Lipinski definition) is 0. The van der Waals surface area contributed by atoms with Gasteiger partial charge in [0, 0.05) is 11.8 Å². The summed E-state index contributed by atoms with van der Waals surface area (Å²) >= 11 is 1.41. The van der Waals surface area contributed by atoms with Crippen molar-refractivity contribution in [3.8, 4) is 0 Å². The minimum Gasteiger partial charge on any atom is -0.461 e. The summed E-state index contributed by atoms with van der Waals surface area (Å²) < 4.78 is 5.07. The molecule has 0 saturated carbocycles. The molecule has 1 aromatic heterocycles. The van der Waals surface area contributed by atoms with Gasteiger partial charge in [-0.3, -0.25) is 0 Å². The lowest BCUT2D eigenvalue weighted by Gasteiger charge is -2.21. The number of carbonyl (C=O) groups excluding carboxylic acids is 1. The van der Waals surface area contributed by atoms with Gasteiger partial charge in [0.25, 0.3) is 0 Å². The van der Waals surface area contributed by atoms with Gasteiger partial charge in [0.1, 0.15) is 0 Å². The van der Waals surface area contributed by atoms with E-state index in [0.717, 1.165) is 17.7 Å². The number of hydrogen-bond acceptors (Lipinski definition) is 6. The van der Waals surface area contributed by atoms with Crippen LogP contribution in [0.5, 0.6) is 0 Å². The summed E-state index contributed by atoms with van der Waals surface area (Å²) in [6, 6.07) is 18.7.